The van der Waals surface area contributed by atoms with Crippen molar-refractivity contribution < 1.29 is 9.72 Å². The molecule has 2 aromatic rings. The SMILES string of the molecule is CN(Cc1cccnc1)C(=O)/C=C/c1cccc([N+](=O)[O-])c1. The first-order valence-electron chi connectivity index (χ1n) is 6.63. The van der Waals surface area contributed by atoms with Crippen LogP contribution in [-0.2, 0) is 11.3 Å². The second-order valence-electron chi connectivity index (χ2n) is 4.74. The highest BCUT2D eigenvalue weighted by Gasteiger charge is 2.07. The Bertz CT molecular complexity index is 699. The lowest BCUT2D eigenvalue weighted by atomic mass is 10.2. The minimum Gasteiger partial charge on any atom is -0.338 e. The molecule has 22 heavy (non-hydrogen) atoms. The first-order chi connectivity index (χ1) is 10.6. The van der Waals surface area contributed by atoms with Crippen LogP contribution < -0.4 is 0 Å². The van der Waals surface area contributed by atoms with E-state index in [0.29, 0.717) is 12.1 Å². The molecule has 1 aromatic carbocycles. The number of rotatable bonds is 5. The van der Waals surface area contributed by atoms with Crippen molar-refractivity contribution in [1.29, 1.82) is 0 Å². The number of aromatic nitrogens is 1. The van der Waals surface area contributed by atoms with Crippen molar-refractivity contribution in [2.45, 2.75) is 6.54 Å². The number of non-ortho nitro benzene ring substituents is 1. The molecule has 6 heteroatoms. The molecule has 1 heterocycles. The van der Waals surface area contributed by atoms with Crippen LogP contribution in [0.5, 0.6) is 0 Å². The number of hydrogen-bond donors (Lipinski definition) is 0. The van der Waals surface area contributed by atoms with Gasteiger partial charge in [0.15, 0.2) is 0 Å². The van der Waals surface area contributed by atoms with Crippen molar-refractivity contribution in [3.63, 3.8) is 0 Å². The number of nitro benzene ring substituents is 1. The zero-order valence-corrected chi connectivity index (χ0v) is 12.0. The molecule has 0 saturated heterocycles. The number of nitro groups is 1. The molecule has 0 radical (unpaired) electrons. The average molecular weight is 297 g/mol. The van der Waals surface area contributed by atoms with Gasteiger partial charge in [-0.1, -0.05) is 18.2 Å². The van der Waals surface area contributed by atoms with E-state index in [1.54, 1.807) is 42.6 Å². The van der Waals surface area contributed by atoms with Gasteiger partial charge in [-0.3, -0.25) is 19.9 Å². The van der Waals surface area contributed by atoms with E-state index >= 15 is 0 Å². The normalized spacial score (nSPS) is 10.6. The summed E-state index contributed by atoms with van der Waals surface area (Å²) in [7, 11) is 1.69. The molecule has 1 aromatic heterocycles. The van der Waals surface area contributed by atoms with E-state index < -0.39 is 4.92 Å². The summed E-state index contributed by atoms with van der Waals surface area (Å²) in [6.45, 7) is 0.450. The third kappa shape index (κ3) is 4.24. The molecule has 0 aliphatic heterocycles. The van der Waals surface area contributed by atoms with Crippen molar-refractivity contribution in [1.82, 2.24) is 9.88 Å². The van der Waals surface area contributed by atoms with Crippen molar-refractivity contribution in [3.8, 4) is 0 Å². The Balaban J connectivity index is 2.01. The summed E-state index contributed by atoms with van der Waals surface area (Å²) in [5, 5.41) is 10.7. The van der Waals surface area contributed by atoms with Crippen LogP contribution in [0.2, 0.25) is 0 Å². The molecule has 0 aliphatic carbocycles. The van der Waals surface area contributed by atoms with Gasteiger partial charge in [-0.15, -0.1) is 0 Å². The second kappa shape index (κ2) is 7.12. The van der Waals surface area contributed by atoms with E-state index in [9.17, 15) is 14.9 Å². The van der Waals surface area contributed by atoms with Gasteiger partial charge < -0.3 is 4.90 Å². The lowest BCUT2D eigenvalue weighted by molar-refractivity contribution is -0.384. The van der Waals surface area contributed by atoms with Gasteiger partial charge in [0.1, 0.15) is 0 Å². The van der Waals surface area contributed by atoms with E-state index in [1.807, 2.05) is 12.1 Å². The molecule has 6 nitrogen and oxygen atoms in total. The van der Waals surface area contributed by atoms with Crippen molar-refractivity contribution in [3.05, 3.63) is 76.1 Å². The molecule has 0 unspecified atom stereocenters. The largest absolute Gasteiger partial charge is 0.338 e. The van der Waals surface area contributed by atoms with Crippen LogP contribution in [0.15, 0.2) is 54.9 Å². The van der Waals surface area contributed by atoms with E-state index in [1.165, 1.54) is 18.2 Å². The Labute approximate surface area is 127 Å². The summed E-state index contributed by atoms with van der Waals surface area (Å²) in [5.74, 6) is -0.185. The first-order valence-corrected chi connectivity index (χ1v) is 6.63. The third-order valence-corrected chi connectivity index (χ3v) is 3.02. The number of amides is 1. The molecule has 0 saturated carbocycles. The molecule has 112 valence electrons. The highest BCUT2D eigenvalue weighted by molar-refractivity contribution is 5.91. The number of likely N-dealkylation sites (N-methyl/N-ethyl adjacent to an activating group) is 1. The minimum atomic E-state index is -0.465. The van der Waals surface area contributed by atoms with E-state index in [2.05, 4.69) is 4.98 Å². The van der Waals surface area contributed by atoms with Gasteiger partial charge in [-0.05, 0) is 23.3 Å². The van der Waals surface area contributed by atoms with Crippen molar-refractivity contribution >= 4 is 17.7 Å². The fraction of sp³-hybridized carbons (Fsp3) is 0.125. The maximum Gasteiger partial charge on any atom is 0.270 e. The maximum atomic E-state index is 12.0. The number of pyridine rings is 1. The average Bonchev–Trinajstić information content (AvgIpc) is 2.53. The summed E-state index contributed by atoms with van der Waals surface area (Å²) < 4.78 is 0. The number of carbonyl (C=O) groups excluding carboxylic acids is 1. The van der Waals surface area contributed by atoms with Crippen LogP contribution in [0.1, 0.15) is 11.1 Å². The highest BCUT2D eigenvalue weighted by atomic mass is 16.6. The summed E-state index contributed by atoms with van der Waals surface area (Å²) in [6.07, 6.45) is 6.34. The standard InChI is InChI=1S/C16H15N3O3/c1-18(12-14-5-3-9-17-11-14)16(20)8-7-13-4-2-6-15(10-13)19(21)22/h2-11H,12H2,1H3/b8-7+. The fourth-order valence-electron chi connectivity index (χ4n) is 1.88. The third-order valence-electron chi connectivity index (χ3n) is 3.02. The number of hydrogen-bond acceptors (Lipinski definition) is 4. The smallest absolute Gasteiger partial charge is 0.270 e. The zero-order chi connectivity index (χ0) is 15.9. The molecule has 0 N–H and O–H groups in total. The lowest BCUT2D eigenvalue weighted by Gasteiger charge is -2.14. The van der Waals surface area contributed by atoms with Gasteiger partial charge >= 0.3 is 0 Å². The summed E-state index contributed by atoms with van der Waals surface area (Å²) >= 11 is 0. The zero-order valence-electron chi connectivity index (χ0n) is 12.0. The van der Waals surface area contributed by atoms with Crippen molar-refractivity contribution in [2.75, 3.05) is 7.05 Å². The molecular formula is C16H15N3O3. The van der Waals surface area contributed by atoms with Gasteiger partial charge in [0.25, 0.3) is 5.69 Å². The Morgan fingerprint density at radius 2 is 2.18 bits per heavy atom. The van der Waals surface area contributed by atoms with Crippen molar-refractivity contribution in [2.24, 2.45) is 0 Å². The predicted molar refractivity (Wildman–Crippen MR) is 82.8 cm³/mol. The lowest BCUT2D eigenvalue weighted by Crippen LogP contribution is -2.24. The first kappa shape index (κ1) is 15.4. The quantitative estimate of drug-likeness (QED) is 0.483. The Hall–Kier alpha value is -3.02. The molecule has 0 spiro atoms. The van der Waals surface area contributed by atoms with Gasteiger partial charge in [0.2, 0.25) is 5.91 Å². The minimum absolute atomic E-state index is 0.00156. The summed E-state index contributed by atoms with van der Waals surface area (Å²) in [6, 6.07) is 9.83. The molecule has 0 fully saturated rings. The van der Waals surface area contributed by atoms with Crippen LogP contribution in [0.3, 0.4) is 0 Å². The summed E-state index contributed by atoms with van der Waals surface area (Å²) in [5.41, 5.74) is 1.54. The van der Waals surface area contributed by atoms with Crippen LogP contribution in [0.4, 0.5) is 5.69 Å². The van der Waals surface area contributed by atoms with Gasteiger partial charge in [0.05, 0.1) is 4.92 Å². The van der Waals surface area contributed by atoms with Gasteiger partial charge in [0, 0.05) is 44.2 Å². The molecule has 2 rings (SSSR count). The molecule has 0 atom stereocenters. The predicted octanol–water partition coefficient (Wildman–Crippen LogP) is 2.66. The molecular weight excluding hydrogens is 282 g/mol. The van der Waals surface area contributed by atoms with E-state index in [-0.39, 0.29) is 11.6 Å². The van der Waals surface area contributed by atoms with Crippen LogP contribution in [0, 0.1) is 10.1 Å². The van der Waals surface area contributed by atoms with E-state index in [0.717, 1.165) is 5.56 Å². The topological polar surface area (TPSA) is 76.3 Å². The Morgan fingerprint density at radius 3 is 2.86 bits per heavy atom. The van der Waals surface area contributed by atoms with Crippen LogP contribution >= 0.6 is 0 Å². The van der Waals surface area contributed by atoms with Gasteiger partial charge in [-0.25, -0.2) is 0 Å². The molecule has 0 aliphatic rings. The monoisotopic (exact) mass is 297 g/mol. The Morgan fingerprint density at radius 1 is 1.36 bits per heavy atom. The summed E-state index contributed by atoms with van der Waals surface area (Å²) in [4.78, 5) is 27.8. The number of carbonyl (C=O) groups is 1. The highest BCUT2D eigenvalue weighted by Crippen LogP contribution is 2.14. The van der Waals surface area contributed by atoms with Crippen LogP contribution in [0.25, 0.3) is 6.08 Å². The molecule has 1 amide bonds. The van der Waals surface area contributed by atoms with Crippen LogP contribution in [-0.4, -0.2) is 27.8 Å². The number of nitrogens with zero attached hydrogens (tertiary/aromatic N) is 3. The fourth-order valence-corrected chi connectivity index (χ4v) is 1.88. The maximum absolute atomic E-state index is 12.0. The van der Waals surface area contributed by atoms with Gasteiger partial charge in [-0.2, -0.15) is 0 Å². The van der Waals surface area contributed by atoms with E-state index in [4.69, 9.17) is 0 Å². The Kier molecular flexibility index (Phi) is 4.98. The second-order valence-corrected chi connectivity index (χ2v) is 4.74. The molecule has 0 bridgehead atoms. The number of benzene rings is 1.